The van der Waals surface area contributed by atoms with E-state index in [-0.39, 0.29) is 0 Å². The highest BCUT2D eigenvalue weighted by Gasteiger charge is 2.14. The molecular formula is C21H20N4O2. The van der Waals surface area contributed by atoms with Gasteiger partial charge in [-0.3, -0.25) is 0 Å². The zero-order chi connectivity index (χ0) is 18.1. The largest absolute Gasteiger partial charge is 0.378 e. The first-order chi connectivity index (χ1) is 13.4. The minimum atomic E-state index is 0.614. The molecule has 0 saturated carbocycles. The molecule has 6 heteroatoms. The summed E-state index contributed by atoms with van der Waals surface area (Å²) in [5, 5.41) is 5.35. The number of nitrogens with zero attached hydrogens (tertiary/aromatic N) is 3. The number of nitrogens with one attached hydrogen (secondary N) is 1. The van der Waals surface area contributed by atoms with Crippen LogP contribution < -0.4 is 4.90 Å². The van der Waals surface area contributed by atoms with E-state index < -0.39 is 0 Å². The number of morpholine rings is 1. The second-order valence-electron chi connectivity index (χ2n) is 6.69. The van der Waals surface area contributed by atoms with Gasteiger partial charge in [0.15, 0.2) is 0 Å². The summed E-state index contributed by atoms with van der Waals surface area (Å²) in [5.41, 5.74) is 4.43. The van der Waals surface area contributed by atoms with Crippen LogP contribution in [0.25, 0.3) is 22.3 Å². The summed E-state index contributed by atoms with van der Waals surface area (Å²) in [4.78, 5) is 10.2. The molecule has 0 bridgehead atoms. The lowest BCUT2D eigenvalue weighted by atomic mass is 10.1. The molecular weight excluding hydrogens is 340 g/mol. The van der Waals surface area contributed by atoms with Crippen molar-refractivity contribution in [2.24, 2.45) is 0 Å². The van der Waals surface area contributed by atoms with Gasteiger partial charge in [0.1, 0.15) is 0 Å². The van der Waals surface area contributed by atoms with Crippen LogP contribution in [-0.2, 0) is 11.2 Å². The van der Waals surface area contributed by atoms with Crippen LogP contribution in [-0.4, -0.2) is 41.4 Å². The third-order valence-corrected chi connectivity index (χ3v) is 4.99. The number of benzene rings is 2. The van der Waals surface area contributed by atoms with Crippen molar-refractivity contribution in [2.45, 2.75) is 6.42 Å². The van der Waals surface area contributed by atoms with Crippen molar-refractivity contribution in [3.8, 4) is 11.4 Å². The second kappa shape index (κ2) is 6.89. The predicted octanol–water partition coefficient (Wildman–Crippen LogP) is 3.65. The quantitative estimate of drug-likeness (QED) is 0.602. The number of H-pyrrole nitrogens is 1. The van der Waals surface area contributed by atoms with Gasteiger partial charge in [0, 0.05) is 41.4 Å². The molecule has 1 aliphatic rings. The molecule has 6 nitrogen and oxygen atoms in total. The zero-order valence-corrected chi connectivity index (χ0v) is 14.9. The van der Waals surface area contributed by atoms with Gasteiger partial charge in [-0.25, -0.2) is 0 Å². The molecule has 1 saturated heterocycles. The molecule has 136 valence electrons. The predicted molar refractivity (Wildman–Crippen MR) is 104 cm³/mol. The first-order valence-corrected chi connectivity index (χ1v) is 9.17. The Morgan fingerprint density at radius 1 is 1.00 bits per heavy atom. The fraction of sp³-hybridized carbons (Fsp3) is 0.238. The highest BCUT2D eigenvalue weighted by molar-refractivity contribution is 5.83. The highest BCUT2D eigenvalue weighted by Crippen LogP contribution is 2.24. The lowest BCUT2D eigenvalue weighted by Crippen LogP contribution is -2.36. The van der Waals surface area contributed by atoms with Gasteiger partial charge < -0.3 is 19.1 Å². The first kappa shape index (κ1) is 16.1. The molecule has 2 aromatic heterocycles. The van der Waals surface area contributed by atoms with E-state index in [9.17, 15) is 0 Å². The molecule has 27 heavy (non-hydrogen) atoms. The number of aromatic amines is 1. The normalized spacial score (nSPS) is 14.7. The summed E-state index contributed by atoms with van der Waals surface area (Å²) in [6, 6.07) is 16.5. The van der Waals surface area contributed by atoms with Crippen molar-refractivity contribution in [3.63, 3.8) is 0 Å². The molecule has 0 unspecified atom stereocenters. The summed E-state index contributed by atoms with van der Waals surface area (Å²) < 4.78 is 10.9. The van der Waals surface area contributed by atoms with E-state index in [1.54, 1.807) is 0 Å². The molecule has 0 aliphatic carbocycles. The van der Waals surface area contributed by atoms with E-state index >= 15 is 0 Å². The van der Waals surface area contributed by atoms with E-state index in [2.05, 4.69) is 44.3 Å². The van der Waals surface area contributed by atoms with E-state index in [4.69, 9.17) is 9.26 Å². The molecule has 0 atom stereocenters. The van der Waals surface area contributed by atoms with Crippen LogP contribution >= 0.6 is 0 Å². The average molecular weight is 360 g/mol. The first-order valence-electron chi connectivity index (χ1n) is 9.17. The van der Waals surface area contributed by atoms with Crippen LogP contribution in [0.1, 0.15) is 11.5 Å². The van der Waals surface area contributed by atoms with Crippen LogP contribution in [0, 0.1) is 0 Å². The maximum atomic E-state index is 5.49. The summed E-state index contributed by atoms with van der Waals surface area (Å²) in [7, 11) is 0. The van der Waals surface area contributed by atoms with Crippen LogP contribution in [0.5, 0.6) is 0 Å². The Balaban J connectivity index is 1.34. The van der Waals surface area contributed by atoms with Gasteiger partial charge in [-0.1, -0.05) is 23.4 Å². The Bertz CT molecular complexity index is 1050. The summed E-state index contributed by atoms with van der Waals surface area (Å²) in [6.07, 6.45) is 2.62. The maximum Gasteiger partial charge on any atom is 0.231 e. The van der Waals surface area contributed by atoms with Crippen molar-refractivity contribution in [1.29, 1.82) is 0 Å². The molecule has 1 aliphatic heterocycles. The monoisotopic (exact) mass is 360 g/mol. The fourth-order valence-corrected chi connectivity index (χ4v) is 3.53. The Morgan fingerprint density at radius 2 is 1.81 bits per heavy atom. The van der Waals surface area contributed by atoms with E-state index in [0.717, 1.165) is 42.9 Å². The number of rotatable bonds is 4. The number of hydrogen-bond donors (Lipinski definition) is 1. The Kier molecular flexibility index (Phi) is 4.10. The molecule has 5 rings (SSSR count). The summed E-state index contributed by atoms with van der Waals surface area (Å²) in [5.74, 6) is 1.24. The zero-order valence-electron chi connectivity index (χ0n) is 14.9. The number of anilines is 1. The van der Waals surface area contributed by atoms with Crippen LogP contribution in [0.3, 0.4) is 0 Å². The smallest absolute Gasteiger partial charge is 0.231 e. The minimum absolute atomic E-state index is 0.614. The van der Waals surface area contributed by atoms with Crippen molar-refractivity contribution < 1.29 is 9.26 Å². The molecule has 0 amide bonds. The number of hydrogen-bond acceptors (Lipinski definition) is 5. The summed E-state index contributed by atoms with van der Waals surface area (Å²) in [6.45, 7) is 3.42. The number of fused-ring (bicyclic) bond motifs is 1. The SMILES string of the molecule is c1ccc2c(Cc3nc(-c4ccc(N5CCOCC5)cc4)no3)c[nH]c2c1. The molecule has 4 aromatic rings. The van der Waals surface area contributed by atoms with Crippen molar-refractivity contribution in [1.82, 2.24) is 15.1 Å². The minimum Gasteiger partial charge on any atom is -0.378 e. The standard InChI is InChI=1S/C21H20N4O2/c1-2-4-19-18(3-1)16(14-22-19)13-20-23-21(24-27-20)15-5-7-17(8-6-15)25-9-11-26-12-10-25/h1-8,14,22H,9-13H2. The maximum absolute atomic E-state index is 5.49. The molecule has 0 spiro atoms. The Morgan fingerprint density at radius 3 is 2.67 bits per heavy atom. The van der Waals surface area contributed by atoms with Crippen molar-refractivity contribution in [3.05, 3.63) is 66.2 Å². The van der Waals surface area contributed by atoms with Gasteiger partial charge in [0.25, 0.3) is 0 Å². The van der Waals surface area contributed by atoms with Crippen LogP contribution in [0.2, 0.25) is 0 Å². The molecule has 1 fully saturated rings. The van der Waals surface area contributed by atoms with Gasteiger partial charge in [0.2, 0.25) is 11.7 Å². The lowest BCUT2D eigenvalue weighted by Gasteiger charge is -2.28. The Hall–Kier alpha value is -3.12. The van der Waals surface area contributed by atoms with Gasteiger partial charge in [0.05, 0.1) is 19.6 Å². The average Bonchev–Trinajstić information content (AvgIpc) is 3.37. The molecule has 2 aromatic carbocycles. The lowest BCUT2D eigenvalue weighted by molar-refractivity contribution is 0.122. The van der Waals surface area contributed by atoms with E-state index in [1.165, 1.54) is 11.1 Å². The van der Waals surface area contributed by atoms with Gasteiger partial charge in [-0.05, 0) is 35.9 Å². The van der Waals surface area contributed by atoms with Gasteiger partial charge in [-0.2, -0.15) is 4.98 Å². The van der Waals surface area contributed by atoms with Crippen LogP contribution in [0.15, 0.2) is 59.3 Å². The Labute approximate surface area is 156 Å². The topological polar surface area (TPSA) is 67.2 Å². The molecule has 1 N–H and O–H groups in total. The van der Waals surface area contributed by atoms with E-state index in [0.29, 0.717) is 18.1 Å². The van der Waals surface area contributed by atoms with Gasteiger partial charge in [-0.15, -0.1) is 0 Å². The van der Waals surface area contributed by atoms with Crippen LogP contribution in [0.4, 0.5) is 5.69 Å². The van der Waals surface area contributed by atoms with E-state index in [1.807, 2.05) is 30.5 Å². The molecule has 3 heterocycles. The number of ether oxygens (including phenoxy) is 1. The molecule has 0 radical (unpaired) electrons. The summed E-state index contributed by atoms with van der Waals surface area (Å²) >= 11 is 0. The fourth-order valence-electron chi connectivity index (χ4n) is 3.53. The van der Waals surface area contributed by atoms with Crippen molar-refractivity contribution >= 4 is 16.6 Å². The third kappa shape index (κ3) is 3.19. The van der Waals surface area contributed by atoms with Gasteiger partial charge >= 0.3 is 0 Å². The van der Waals surface area contributed by atoms with Crippen molar-refractivity contribution in [2.75, 3.05) is 31.2 Å². The number of para-hydroxylation sites is 1. The number of aromatic nitrogens is 3. The highest BCUT2D eigenvalue weighted by atomic mass is 16.5. The second-order valence-corrected chi connectivity index (χ2v) is 6.69. The third-order valence-electron chi connectivity index (χ3n) is 4.99.